The number of rotatable bonds is 4. The Morgan fingerprint density at radius 3 is 2.90 bits per heavy atom. The predicted octanol–water partition coefficient (Wildman–Crippen LogP) is 2.08. The van der Waals surface area contributed by atoms with Gasteiger partial charge >= 0.3 is 0 Å². The summed E-state index contributed by atoms with van der Waals surface area (Å²) < 4.78 is 5.33. The third kappa shape index (κ3) is 4.21. The van der Waals surface area contributed by atoms with Gasteiger partial charge in [0.1, 0.15) is 5.75 Å². The molecular weight excluding hydrogens is 264 g/mol. The lowest BCUT2D eigenvalue weighted by Gasteiger charge is -2.27. The minimum absolute atomic E-state index is 0.189. The van der Waals surface area contributed by atoms with E-state index < -0.39 is 0 Å². The van der Waals surface area contributed by atoms with Crippen LogP contribution in [0, 0.1) is 5.92 Å². The molecule has 2 rings (SSSR count). The minimum atomic E-state index is 0.189. The van der Waals surface area contributed by atoms with Crippen LogP contribution < -0.4 is 10.1 Å². The largest absolute Gasteiger partial charge is 0.496 e. The topological polar surface area (TPSA) is 41.6 Å². The summed E-state index contributed by atoms with van der Waals surface area (Å²) in [5, 5.41) is 3.53. The molecule has 1 amide bonds. The van der Waals surface area contributed by atoms with Crippen molar-refractivity contribution in [3.05, 3.63) is 29.8 Å². The zero-order chi connectivity index (χ0) is 15.2. The predicted molar refractivity (Wildman–Crippen MR) is 84.5 cm³/mol. The Bertz CT molecular complexity index is 474. The average molecular weight is 290 g/mol. The summed E-state index contributed by atoms with van der Waals surface area (Å²) in [5.41, 5.74) is 0.961. The first-order chi connectivity index (χ1) is 10.1. The summed E-state index contributed by atoms with van der Waals surface area (Å²) in [6, 6.07) is 8.13. The van der Waals surface area contributed by atoms with Crippen molar-refractivity contribution >= 4 is 5.91 Å². The number of hydrogen-bond acceptors (Lipinski definition) is 3. The van der Waals surface area contributed by atoms with E-state index in [0.717, 1.165) is 37.4 Å². The third-order valence-electron chi connectivity index (χ3n) is 4.12. The van der Waals surface area contributed by atoms with E-state index in [2.05, 4.69) is 19.2 Å². The van der Waals surface area contributed by atoms with E-state index in [9.17, 15) is 4.79 Å². The van der Waals surface area contributed by atoms with Gasteiger partial charge in [-0.25, -0.2) is 0 Å². The molecule has 1 fully saturated rings. The molecule has 4 heteroatoms. The Morgan fingerprint density at radius 2 is 2.19 bits per heavy atom. The number of nitrogens with one attached hydrogen (secondary N) is 1. The second kappa shape index (κ2) is 7.46. The normalized spacial score (nSPS) is 19.4. The first kappa shape index (κ1) is 15.8. The lowest BCUT2D eigenvalue weighted by molar-refractivity contribution is -0.130. The quantitative estimate of drug-likeness (QED) is 0.923. The third-order valence-corrected chi connectivity index (χ3v) is 4.12. The van der Waals surface area contributed by atoms with Gasteiger partial charge in [0.15, 0.2) is 0 Å². The summed E-state index contributed by atoms with van der Waals surface area (Å²) in [5.74, 6) is 1.51. The summed E-state index contributed by atoms with van der Waals surface area (Å²) in [7, 11) is 1.65. The van der Waals surface area contributed by atoms with Crippen LogP contribution in [0.3, 0.4) is 0 Å². The van der Waals surface area contributed by atoms with Crippen LogP contribution in [0.15, 0.2) is 24.3 Å². The van der Waals surface area contributed by atoms with Crippen molar-refractivity contribution in [3.8, 4) is 5.75 Å². The Balaban J connectivity index is 2.04. The van der Waals surface area contributed by atoms with Crippen molar-refractivity contribution in [2.75, 3.05) is 26.7 Å². The van der Waals surface area contributed by atoms with Crippen molar-refractivity contribution in [1.82, 2.24) is 10.2 Å². The first-order valence-corrected chi connectivity index (χ1v) is 7.75. The number of carbonyl (C=O) groups excluding carboxylic acids is 1. The fraction of sp³-hybridized carbons (Fsp3) is 0.588. The standard InChI is InChI=1S/C17H26N2O2/c1-13(2)15-12-19(10-6-9-18-15)17(20)11-14-7-4-5-8-16(14)21-3/h4-5,7-8,13,15,18H,6,9-12H2,1-3H3. The molecule has 1 N–H and O–H groups in total. The van der Waals surface area contributed by atoms with Gasteiger partial charge in [-0.2, -0.15) is 0 Å². The number of para-hydroxylation sites is 1. The second-order valence-electron chi connectivity index (χ2n) is 5.99. The van der Waals surface area contributed by atoms with E-state index in [-0.39, 0.29) is 5.91 Å². The lowest BCUT2D eigenvalue weighted by atomic mass is 10.0. The molecule has 1 atom stereocenters. The first-order valence-electron chi connectivity index (χ1n) is 7.75. The number of methoxy groups -OCH3 is 1. The molecule has 1 aliphatic rings. The molecule has 0 spiro atoms. The molecule has 1 heterocycles. The molecule has 21 heavy (non-hydrogen) atoms. The maximum atomic E-state index is 12.6. The molecule has 116 valence electrons. The fourth-order valence-electron chi connectivity index (χ4n) is 2.75. The van der Waals surface area contributed by atoms with Gasteiger partial charge in [-0.3, -0.25) is 4.79 Å². The van der Waals surface area contributed by atoms with Crippen molar-refractivity contribution in [2.45, 2.75) is 32.7 Å². The monoisotopic (exact) mass is 290 g/mol. The van der Waals surface area contributed by atoms with Crippen LogP contribution >= 0.6 is 0 Å². The molecule has 4 nitrogen and oxygen atoms in total. The molecule has 0 bridgehead atoms. The van der Waals surface area contributed by atoms with Crippen LogP contribution in [0.25, 0.3) is 0 Å². The SMILES string of the molecule is COc1ccccc1CC(=O)N1CCCNC(C(C)C)C1. The summed E-state index contributed by atoms with van der Waals surface area (Å²) in [6.45, 7) is 7.02. The summed E-state index contributed by atoms with van der Waals surface area (Å²) in [6.07, 6.45) is 1.43. The zero-order valence-corrected chi connectivity index (χ0v) is 13.3. The van der Waals surface area contributed by atoms with E-state index >= 15 is 0 Å². The molecule has 0 radical (unpaired) electrons. The molecule has 0 saturated carbocycles. The lowest BCUT2D eigenvalue weighted by Crippen LogP contribution is -2.43. The van der Waals surface area contributed by atoms with Gasteiger partial charge in [-0.05, 0) is 24.9 Å². The Morgan fingerprint density at radius 1 is 1.43 bits per heavy atom. The number of nitrogens with zero attached hydrogens (tertiary/aromatic N) is 1. The van der Waals surface area contributed by atoms with Crippen LogP contribution in [-0.4, -0.2) is 43.6 Å². The highest BCUT2D eigenvalue weighted by Gasteiger charge is 2.24. The molecule has 0 aliphatic carbocycles. The van der Waals surface area contributed by atoms with Crippen LogP contribution in [0.4, 0.5) is 0 Å². The molecule has 1 aliphatic heterocycles. The highest BCUT2D eigenvalue weighted by molar-refractivity contribution is 5.79. The highest BCUT2D eigenvalue weighted by atomic mass is 16.5. The zero-order valence-electron chi connectivity index (χ0n) is 13.3. The summed E-state index contributed by atoms with van der Waals surface area (Å²) >= 11 is 0. The van der Waals surface area contributed by atoms with Gasteiger partial charge in [-0.15, -0.1) is 0 Å². The van der Waals surface area contributed by atoms with Crippen LogP contribution in [0.5, 0.6) is 5.75 Å². The van der Waals surface area contributed by atoms with Gasteiger partial charge in [0.05, 0.1) is 13.5 Å². The Kier molecular flexibility index (Phi) is 5.62. The van der Waals surface area contributed by atoms with Crippen LogP contribution in [0.2, 0.25) is 0 Å². The molecule has 0 aromatic heterocycles. The molecular formula is C17H26N2O2. The van der Waals surface area contributed by atoms with Gasteiger partial charge < -0.3 is 15.0 Å². The van der Waals surface area contributed by atoms with Gasteiger partial charge in [0.2, 0.25) is 5.91 Å². The highest BCUT2D eigenvalue weighted by Crippen LogP contribution is 2.19. The molecule has 1 aromatic rings. The van der Waals surface area contributed by atoms with Crippen LogP contribution in [0.1, 0.15) is 25.8 Å². The Hall–Kier alpha value is -1.55. The van der Waals surface area contributed by atoms with E-state index in [4.69, 9.17) is 4.74 Å². The maximum absolute atomic E-state index is 12.6. The average Bonchev–Trinajstić information content (AvgIpc) is 2.74. The van der Waals surface area contributed by atoms with Crippen molar-refractivity contribution in [1.29, 1.82) is 0 Å². The number of carbonyl (C=O) groups is 1. The van der Waals surface area contributed by atoms with E-state index in [0.29, 0.717) is 18.4 Å². The van der Waals surface area contributed by atoms with Crippen molar-refractivity contribution < 1.29 is 9.53 Å². The number of amides is 1. The second-order valence-corrected chi connectivity index (χ2v) is 5.99. The number of hydrogen-bond donors (Lipinski definition) is 1. The Labute approximate surface area is 127 Å². The van der Waals surface area contributed by atoms with E-state index in [1.165, 1.54) is 0 Å². The van der Waals surface area contributed by atoms with Crippen LogP contribution in [-0.2, 0) is 11.2 Å². The van der Waals surface area contributed by atoms with E-state index in [1.54, 1.807) is 7.11 Å². The van der Waals surface area contributed by atoms with Gasteiger partial charge in [0.25, 0.3) is 0 Å². The van der Waals surface area contributed by atoms with Gasteiger partial charge in [-0.1, -0.05) is 32.0 Å². The number of ether oxygens (including phenoxy) is 1. The van der Waals surface area contributed by atoms with E-state index in [1.807, 2.05) is 29.2 Å². The smallest absolute Gasteiger partial charge is 0.227 e. The maximum Gasteiger partial charge on any atom is 0.227 e. The fourth-order valence-corrected chi connectivity index (χ4v) is 2.75. The minimum Gasteiger partial charge on any atom is -0.496 e. The molecule has 1 saturated heterocycles. The molecule has 1 unspecified atom stereocenters. The van der Waals surface area contributed by atoms with Crippen molar-refractivity contribution in [3.63, 3.8) is 0 Å². The van der Waals surface area contributed by atoms with Crippen molar-refractivity contribution in [2.24, 2.45) is 5.92 Å². The number of benzene rings is 1. The van der Waals surface area contributed by atoms with Gasteiger partial charge in [0, 0.05) is 24.7 Å². The summed E-state index contributed by atoms with van der Waals surface area (Å²) in [4.78, 5) is 14.6. The molecule has 1 aromatic carbocycles.